The average molecular weight is 411 g/mol. The third-order valence-corrected chi connectivity index (χ3v) is 5.87. The van der Waals surface area contributed by atoms with E-state index in [2.05, 4.69) is 6.92 Å². The first-order chi connectivity index (χ1) is 14.1. The summed E-state index contributed by atoms with van der Waals surface area (Å²) < 4.78 is 38.8. The highest BCUT2D eigenvalue weighted by Crippen LogP contribution is 2.34. The molecule has 0 atom stereocenters. The van der Waals surface area contributed by atoms with Crippen molar-refractivity contribution in [3.05, 3.63) is 23.8 Å². The lowest BCUT2D eigenvalue weighted by atomic mass is 9.80. The summed E-state index contributed by atoms with van der Waals surface area (Å²) in [6.45, 7) is 4.54. The Balaban J connectivity index is 1.78. The fourth-order valence-electron chi connectivity index (χ4n) is 3.95. The van der Waals surface area contributed by atoms with Crippen LogP contribution in [0.1, 0.15) is 90.9 Å². The molecule has 1 aromatic carbocycles. The van der Waals surface area contributed by atoms with Crippen LogP contribution in [0.15, 0.2) is 12.1 Å². The molecular weight excluding hydrogens is 374 g/mol. The second-order valence-electron chi connectivity index (χ2n) is 8.23. The van der Waals surface area contributed by atoms with E-state index in [0.29, 0.717) is 12.5 Å². The minimum atomic E-state index is -1.16. The third kappa shape index (κ3) is 7.60. The van der Waals surface area contributed by atoms with Crippen LogP contribution in [0, 0.1) is 23.5 Å². The van der Waals surface area contributed by atoms with Crippen LogP contribution >= 0.6 is 0 Å². The summed E-state index contributed by atoms with van der Waals surface area (Å²) in [6, 6.07) is 2.60. The standard InChI is InChI=1S/C24H36F2O3/c1-3-5-7-8-9-10-18-11-13-19(14-12-18)24(27)29-21-16-15-20(22(25)23(21)26)28-17-6-4-2/h15-16,18-19H,3-14,17H2,1-2H3. The number of hydrogen-bond donors (Lipinski definition) is 0. The van der Waals surface area contributed by atoms with Gasteiger partial charge < -0.3 is 9.47 Å². The minimum absolute atomic E-state index is 0.143. The molecule has 0 saturated heterocycles. The quantitative estimate of drug-likeness (QED) is 0.207. The highest BCUT2D eigenvalue weighted by atomic mass is 19.2. The molecule has 1 saturated carbocycles. The largest absolute Gasteiger partial charge is 0.490 e. The fraction of sp³-hybridized carbons (Fsp3) is 0.708. The topological polar surface area (TPSA) is 35.5 Å². The van der Waals surface area contributed by atoms with Gasteiger partial charge in [-0.25, -0.2) is 0 Å². The predicted molar refractivity (Wildman–Crippen MR) is 111 cm³/mol. The van der Waals surface area contributed by atoms with Crippen LogP contribution in [0.5, 0.6) is 11.5 Å². The van der Waals surface area contributed by atoms with E-state index in [1.807, 2.05) is 6.92 Å². The van der Waals surface area contributed by atoms with Gasteiger partial charge in [0.15, 0.2) is 11.5 Å². The van der Waals surface area contributed by atoms with Gasteiger partial charge in [-0.15, -0.1) is 0 Å². The maximum Gasteiger partial charge on any atom is 0.314 e. The summed E-state index contributed by atoms with van der Waals surface area (Å²) in [7, 11) is 0. The van der Waals surface area contributed by atoms with Gasteiger partial charge in [-0.05, 0) is 50.2 Å². The number of rotatable bonds is 12. The summed E-state index contributed by atoms with van der Waals surface area (Å²) in [5.74, 6) is -2.76. The lowest BCUT2D eigenvalue weighted by Crippen LogP contribution is -2.26. The van der Waals surface area contributed by atoms with Gasteiger partial charge in [0.25, 0.3) is 0 Å². The Labute approximate surface area is 174 Å². The molecule has 1 aromatic rings. The van der Waals surface area contributed by atoms with E-state index in [1.165, 1.54) is 50.7 Å². The first-order valence-electron chi connectivity index (χ1n) is 11.4. The summed E-state index contributed by atoms with van der Waals surface area (Å²) in [4.78, 5) is 12.4. The minimum Gasteiger partial charge on any atom is -0.490 e. The molecule has 0 heterocycles. The Kier molecular flexibility index (Phi) is 10.4. The smallest absolute Gasteiger partial charge is 0.314 e. The van der Waals surface area contributed by atoms with Gasteiger partial charge in [-0.1, -0.05) is 58.8 Å². The third-order valence-electron chi connectivity index (χ3n) is 5.87. The second-order valence-corrected chi connectivity index (χ2v) is 8.23. The first kappa shape index (κ1) is 23.6. The first-order valence-corrected chi connectivity index (χ1v) is 11.4. The number of halogens is 2. The maximum atomic E-state index is 14.3. The Morgan fingerprint density at radius 2 is 1.52 bits per heavy atom. The van der Waals surface area contributed by atoms with Crippen molar-refractivity contribution in [2.24, 2.45) is 11.8 Å². The van der Waals surface area contributed by atoms with Crippen LogP contribution in [0.4, 0.5) is 8.78 Å². The van der Waals surface area contributed by atoms with Crippen molar-refractivity contribution in [2.75, 3.05) is 6.61 Å². The predicted octanol–water partition coefficient (Wildman–Crippen LogP) is 7.22. The van der Waals surface area contributed by atoms with Crippen LogP contribution in [0.25, 0.3) is 0 Å². The summed E-state index contributed by atoms with van der Waals surface area (Å²) in [6.07, 6.45) is 12.9. The van der Waals surface area contributed by atoms with E-state index in [0.717, 1.165) is 38.5 Å². The normalized spacial score (nSPS) is 19.2. The number of ether oxygens (including phenoxy) is 2. The molecule has 2 rings (SSSR count). The van der Waals surface area contributed by atoms with Crippen LogP contribution in [0.2, 0.25) is 0 Å². The zero-order valence-corrected chi connectivity index (χ0v) is 18.0. The Morgan fingerprint density at radius 3 is 2.21 bits per heavy atom. The summed E-state index contributed by atoms with van der Waals surface area (Å²) in [5, 5.41) is 0. The van der Waals surface area contributed by atoms with E-state index in [1.54, 1.807) is 0 Å². The lowest BCUT2D eigenvalue weighted by molar-refractivity contribution is -0.140. The molecule has 0 aromatic heterocycles. The number of carbonyl (C=O) groups excluding carboxylic acids is 1. The zero-order valence-electron chi connectivity index (χ0n) is 18.0. The molecule has 29 heavy (non-hydrogen) atoms. The van der Waals surface area contributed by atoms with Crippen molar-refractivity contribution >= 4 is 5.97 Å². The second kappa shape index (κ2) is 12.8. The zero-order chi connectivity index (χ0) is 21.1. The molecule has 1 aliphatic carbocycles. The Hall–Kier alpha value is -1.65. The van der Waals surface area contributed by atoms with Crippen molar-refractivity contribution in [1.29, 1.82) is 0 Å². The number of hydrogen-bond acceptors (Lipinski definition) is 3. The molecular formula is C24H36F2O3. The highest BCUT2D eigenvalue weighted by Gasteiger charge is 2.28. The van der Waals surface area contributed by atoms with Crippen molar-refractivity contribution in [1.82, 2.24) is 0 Å². The lowest BCUT2D eigenvalue weighted by Gasteiger charge is -2.27. The molecule has 0 N–H and O–H groups in total. The molecule has 0 radical (unpaired) electrons. The van der Waals surface area contributed by atoms with Crippen LogP contribution in [0.3, 0.4) is 0 Å². The van der Waals surface area contributed by atoms with E-state index in [4.69, 9.17) is 9.47 Å². The fourth-order valence-corrected chi connectivity index (χ4v) is 3.95. The van der Waals surface area contributed by atoms with Crippen LogP contribution in [-0.2, 0) is 4.79 Å². The molecule has 1 fully saturated rings. The Morgan fingerprint density at radius 1 is 0.897 bits per heavy atom. The van der Waals surface area contributed by atoms with E-state index >= 15 is 0 Å². The molecule has 0 aliphatic heterocycles. The molecule has 0 spiro atoms. The molecule has 5 heteroatoms. The molecule has 1 aliphatic rings. The van der Waals surface area contributed by atoms with Crippen molar-refractivity contribution in [3.63, 3.8) is 0 Å². The van der Waals surface area contributed by atoms with E-state index < -0.39 is 17.6 Å². The number of benzene rings is 1. The molecule has 0 bridgehead atoms. The summed E-state index contributed by atoms with van der Waals surface area (Å²) in [5.41, 5.74) is 0. The van der Waals surface area contributed by atoms with Crippen molar-refractivity contribution < 1.29 is 23.0 Å². The van der Waals surface area contributed by atoms with Gasteiger partial charge in [-0.2, -0.15) is 8.78 Å². The van der Waals surface area contributed by atoms with Crippen LogP contribution in [-0.4, -0.2) is 12.6 Å². The van der Waals surface area contributed by atoms with Crippen molar-refractivity contribution in [2.45, 2.75) is 90.9 Å². The van der Waals surface area contributed by atoms with Gasteiger partial charge in [0.05, 0.1) is 12.5 Å². The highest BCUT2D eigenvalue weighted by molar-refractivity contribution is 5.75. The van der Waals surface area contributed by atoms with Gasteiger partial charge in [0.1, 0.15) is 0 Å². The van der Waals surface area contributed by atoms with Gasteiger partial charge in [-0.3, -0.25) is 4.79 Å². The molecule has 164 valence electrons. The van der Waals surface area contributed by atoms with E-state index in [-0.39, 0.29) is 17.4 Å². The van der Waals surface area contributed by atoms with Gasteiger partial charge in [0.2, 0.25) is 11.6 Å². The SMILES string of the molecule is CCCCCCCC1CCC(C(=O)Oc2ccc(OCCCC)c(F)c2F)CC1. The number of esters is 1. The number of unbranched alkanes of at least 4 members (excludes halogenated alkanes) is 5. The molecule has 0 unspecified atom stereocenters. The van der Waals surface area contributed by atoms with Gasteiger partial charge >= 0.3 is 5.97 Å². The number of carbonyl (C=O) groups is 1. The van der Waals surface area contributed by atoms with Gasteiger partial charge in [0, 0.05) is 0 Å². The average Bonchev–Trinajstić information content (AvgIpc) is 2.73. The Bertz CT molecular complexity index is 625. The molecule has 3 nitrogen and oxygen atoms in total. The van der Waals surface area contributed by atoms with Crippen LogP contribution < -0.4 is 9.47 Å². The molecule has 0 amide bonds. The van der Waals surface area contributed by atoms with Crippen molar-refractivity contribution in [3.8, 4) is 11.5 Å². The summed E-state index contributed by atoms with van der Waals surface area (Å²) >= 11 is 0. The van der Waals surface area contributed by atoms with E-state index in [9.17, 15) is 13.6 Å². The monoisotopic (exact) mass is 410 g/mol. The maximum absolute atomic E-state index is 14.3.